The highest BCUT2D eigenvalue weighted by Crippen LogP contribution is 2.27. The highest BCUT2D eigenvalue weighted by molar-refractivity contribution is 5.85. The maximum atomic E-state index is 11.6. The molecule has 6 nitrogen and oxygen atoms in total. The molecule has 0 saturated carbocycles. The molecule has 1 aliphatic heterocycles. The molecule has 6 heteroatoms. The smallest absolute Gasteiger partial charge is 0.240 e. The first-order valence-electron chi connectivity index (χ1n) is 5.17. The van der Waals surface area contributed by atoms with E-state index in [1.807, 2.05) is 13.8 Å². The van der Waals surface area contributed by atoms with E-state index in [1.165, 1.54) is 0 Å². The second-order valence-corrected chi connectivity index (χ2v) is 4.75. The van der Waals surface area contributed by atoms with Crippen molar-refractivity contribution in [2.45, 2.75) is 38.3 Å². The van der Waals surface area contributed by atoms with Crippen molar-refractivity contribution in [3.05, 3.63) is 0 Å². The summed E-state index contributed by atoms with van der Waals surface area (Å²) in [7, 11) is 0. The third-order valence-corrected chi connectivity index (χ3v) is 2.72. The van der Waals surface area contributed by atoms with Gasteiger partial charge in [-0.1, -0.05) is 0 Å². The Bertz CT molecular complexity index is 314. The fraction of sp³-hybridized carbons (Fsp3) is 0.700. The van der Waals surface area contributed by atoms with Crippen molar-refractivity contribution in [1.82, 2.24) is 10.6 Å². The van der Waals surface area contributed by atoms with Crippen LogP contribution in [0.15, 0.2) is 0 Å². The lowest BCUT2D eigenvalue weighted by atomic mass is 9.91. The standard InChI is InChI=1S/C10H17N3O3/c1-10(2)4-6(9(16)13-10)3-7(8(11)15)12-5-14/h5-7H,3-4H2,1-2H3,(H2,11,15)(H,12,14)(H,13,16). The first-order valence-corrected chi connectivity index (χ1v) is 5.17. The minimum Gasteiger partial charge on any atom is -0.368 e. The lowest BCUT2D eigenvalue weighted by molar-refractivity contribution is -0.125. The Morgan fingerprint density at radius 3 is 2.75 bits per heavy atom. The van der Waals surface area contributed by atoms with E-state index in [0.717, 1.165) is 0 Å². The maximum Gasteiger partial charge on any atom is 0.240 e. The summed E-state index contributed by atoms with van der Waals surface area (Å²) in [4.78, 5) is 32.9. The molecule has 2 unspecified atom stereocenters. The molecule has 1 saturated heterocycles. The number of primary amides is 1. The molecular weight excluding hydrogens is 210 g/mol. The number of carbonyl (C=O) groups excluding carboxylic acids is 3. The van der Waals surface area contributed by atoms with Gasteiger partial charge in [0, 0.05) is 11.5 Å². The van der Waals surface area contributed by atoms with E-state index in [1.54, 1.807) is 0 Å². The quantitative estimate of drug-likeness (QED) is 0.519. The van der Waals surface area contributed by atoms with Gasteiger partial charge in [0.1, 0.15) is 6.04 Å². The van der Waals surface area contributed by atoms with Gasteiger partial charge in [-0.15, -0.1) is 0 Å². The van der Waals surface area contributed by atoms with Gasteiger partial charge in [-0.05, 0) is 26.7 Å². The number of nitrogens with two attached hydrogens (primary N) is 1. The minimum absolute atomic E-state index is 0.0936. The summed E-state index contributed by atoms with van der Waals surface area (Å²) in [6, 6.07) is -0.776. The average Bonchev–Trinajstić information content (AvgIpc) is 2.38. The van der Waals surface area contributed by atoms with E-state index >= 15 is 0 Å². The predicted octanol–water partition coefficient (Wildman–Crippen LogP) is -1.11. The molecule has 1 aliphatic rings. The van der Waals surface area contributed by atoms with Crippen LogP contribution in [0, 0.1) is 5.92 Å². The van der Waals surface area contributed by atoms with Gasteiger partial charge in [-0.2, -0.15) is 0 Å². The van der Waals surface area contributed by atoms with Gasteiger partial charge in [0.15, 0.2) is 0 Å². The van der Waals surface area contributed by atoms with Crippen LogP contribution < -0.4 is 16.4 Å². The number of carbonyl (C=O) groups is 3. The van der Waals surface area contributed by atoms with Crippen molar-refractivity contribution in [2.75, 3.05) is 0 Å². The highest BCUT2D eigenvalue weighted by atomic mass is 16.2. The van der Waals surface area contributed by atoms with Crippen LogP contribution in [-0.4, -0.2) is 29.8 Å². The predicted molar refractivity (Wildman–Crippen MR) is 57.1 cm³/mol. The molecule has 90 valence electrons. The second-order valence-electron chi connectivity index (χ2n) is 4.75. The molecule has 0 spiro atoms. The molecule has 0 aromatic rings. The highest BCUT2D eigenvalue weighted by Gasteiger charge is 2.38. The molecule has 4 N–H and O–H groups in total. The Balaban J connectivity index is 2.62. The number of nitrogens with one attached hydrogen (secondary N) is 2. The summed E-state index contributed by atoms with van der Waals surface area (Å²) in [6.07, 6.45) is 1.31. The minimum atomic E-state index is -0.776. The molecule has 0 radical (unpaired) electrons. The monoisotopic (exact) mass is 227 g/mol. The molecule has 1 rings (SSSR count). The van der Waals surface area contributed by atoms with Crippen LogP contribution >= 0.6 is 0 Å². The van der Waals surface area contributed by atoms with Gasteiger partial charge in [0.05, 0.1) is 0 Å². The van der Waals surface area contributed by atoms with E-state index < -0.39 is 11.9 Å². The Morgan fingerprint density at radius 1 is 1.75 bits per heavy atom. The van der Waals surface area contributed by atoms with Crippen LogP contribution in [0.3, 0.4) is 0 Å². The van der Waals surface area contributed by atoms with Crippen LogP contribution in [0.25, 0.3) is 0 Å². The molecule has 0 aliphatic carbocycles. The molecule has 0 aromatic carbocycles. The van der Waals surface area contributed by atoms with Gasteiger partial charge in [-0.25, -0.2) is 0 Å². The van der Waals surface area contributed by atoms with Gasteiger partial charge < -0.3 is 16.4 Å². The number of rotatable bonds is 5. The molecule has 0 bridgehead atoms. The zero-order chi connectivity index (χ0) is 12.3. The van der Waals surface area contributed by atoms with Crippen LogP contribution in [0.4, 0.5) is 0 Å². The van der Waals surface area contributed by atoms with Gasteiger partial charge in [-0.3, -0.25) is 14.4 Å². The van der Waals surface area contributed by atoms with Gasteiger partial charge in [0.2, 0.25) is 18.2 Å². The molecule has 2 atom stereocenters. The summed E-state index contributed by atoms with van der Waals surface area (Å²) < 4.78 is 0. The molecule has 0 aromatic heterocycles. The van der Waals surface area contributed by atoms with Crippen LogP contribution in [-0.2, 0) is 14.4 Å². The first-order chi connectivity index (χ1) is 7.35. The van der Waals surface area contributed by atoms with Crippen LogP contribution in [0.2, 0.25) is 0 Å². The lowest BCUT2D eigenvalue weighted by Crippen LogP contribution is -2.42. The third-order valence-electron chi connectivity index (χ3n) is 2.72. The number of hydrogen-bond donors (Lipinski definition) is 3. The van der Waals surface area contributed by atoms with E-state index in [9.17, 15) is 14.4 Å². The summed E-state index contributed by atoms with van der Waals surface area (Å²) >= 11 is 0. The molecule has 3 amide bonds. The van der Waals surface area contributed by atoms with E-state index in [0.29, 0.717) is 12.8 Å². The third kappa shape index (κ3) is 2.95. The van der Waals surface area contributed by atoms with Crippen molar-refractivity contribution >= 4 is 18.2 Å². The molecule has 16 heavy (non-hydrogen) atoms. The largest absolute Gasteiger partial charge is 0.368 e. The summed E-state index contributed by atoms with van der Waals surface area (Å²) in [5.41, 5.74) is 4.86. The fourth-order valence-corrected chi connectivity index (χ4v) is 2.02. The Hall–Kier alpha value is -1.59. The summed E-state index contributed by atoms with van der Waals surface area (Å²) in [5, 5.41) is 5.14. The van der Waals surface area contributed by atoms with E-state index in [-0.39, 0.29) is 23.8 Å². The van der Waals surface area contributed by atoms with Crippen molar-refractivity contribution in [1.29, 1.82) is 0 Å². The topological polar surface area (TPSA) is 101 Å². The van der Waals surface area contributed by atoms with Crippen molar-refractivity contribution in [2.24, 2.45) is 11.7 Å². The Morgan fingerprint density at radius 2 is 2.38 bits per heavy atom. The van der Waals surface area contributed by atoms with Crippen LogP contribution in [0.5, 0.6) is 0 Å². The zero-order valence-electron chi connectivity index (χ0n) is 9.45. The van der Waals surface area contributed by atoms with E-state index in [4.69, 9.17) is 5.73 Å². The van der Waals surface area contributed by atoms with Crippen LogP contribution in [0.1, 0.15) is 26.7 Å². The maximum absolute atomic E-state index is 11.6. The Kier molecular flexibility index (Phi) is 3.51. The fourth-order valence-electron chi connectivity index (χ4n) is 2.02. The van der Waals surface area contributed by atoms with Gasteiger partial charge >= 0.3 is 0 Å². The van der Waals surface area contributed by atoms with E-state index in [2.05, 4.69) is 10.6 Å². The molecular formula is C10H17N3O3. The zero-order valence-corrected chi connectivity index (χ0v) is 9.45. The number of amides is 3. The Labute approximate surface area is 93.9 Å². The van der Waals surface area contributed by atoms with Crippen molar-refractivity contribution < 1.29 is 14.4 Å². The van der Waals surface area contributed by atoms with Crippen molar-refractivity contribution in [3.8, 4) is 0 Å². The number of hydrogen-bond acceptors (Lipinski definition) is 3. The second kappa shape index (κ2) is 4.51. The lowest BCUT2D eigenvalue weighted by Gasteiger charge is -2.17. The first kappa shape index (κ1) is 12.5. The summed E-state index contributed by atoms with van der Waals surface area (Å²) in [6.45, 7) is 3.83. The SMILES string of the molecule is CC1(C)CC(CC(NC=O)C(N)=O)C(=O)N1. The van der Waals surface area contributed by atoms with Crippen molar-refractivity contribution in [3.63, 3.8) is 0 Å². The average molecular weight is 227 g/mol. The summed E-state index contributed by atoms with van der Waals surface area (Å²) in [5.74, 6) is -0.992. The molecule has 1 heterocycles. The molecule has 1 fully saturated rings. The van der Waals surface area contributed by atoms with Gasteiger partial charge in [0.25, 0.3) is 0 Å². The normalized spacial score (nSPS) is 24.6.